The van der Waals surface area contributed by atoms with Gasteiger partial charge in [-0.1, -0.05) is 65.7 Å². The minimum absolute atomic E-state index is 0.0133. The van der Waals surface area contributed by atoms with E-state index >= 15 is 0 Å². The Hall–Kier alpha value is -7.77. The molecule has 2 amide bonds. The summed E-state index contributed by atoms with van der Waals surface area (Å²) in [7, 11) is -8.35. The number of azo groups is 1. The van der Waals surface area contributed by atoms with E-state index in [1.54, 1.807) is 91.0 Å². The molecule has 6 aromatic carbocycles. The summed E-state index contributed by atoms with van der Waals surface area (Å²) < 4.78 is 81.2. The van der Waals surface area contributed by atoms with Gasteiger partial charge >= 0.3 is 0 Å². The lowest BCUT2D eigenvalue weighted by atomic mass is 10.2. The molecule has 0 fully saturated rings. The SMILES string of the molecule is Cc1ccc(N(CC(=O)N/N=C/c2ccccc2O)S(=O)(=O)c2ccc(F)cc2)cc1.Cc1ccc(N(CC(=O)N=Nc2c(O)[nH]c3ccccc23)S(=O)(=O)c2ccc(F)cc2)cc1. The van der Waals surface area contributed by atoms with Gasteiger partial charge in [-0.15, -0.1) is 10.2 Å². The van der Waals surface area contributed by atoms with E-state index in [1.165, 1.54) is 12.3 Å². The van der Waals surface area contributed by atoms with Crippen molar-refractivity contribution in [3.05, 3.63) is 174 Å². The molecular formula is C45H39F2N7O8S2. The third kappa shape index (κ3) is 11.2. The quantitative estimate of drug-likeness (QED) is 0.0504. The number of aromatic nitrogens is 1. The molecule has 7 rings (SSSR count). The summed E-state index contributed by atoms with van der Waals surface area (Å²) in [5, 5.41) is 31.6. The second-order valence-electron chi connectivity index (χ2n) is 13.9. The molecule has 1 aromatic heterocycles. The van der Waals surface area contributed by atoms with Gasteiger partial charge in [0.25, 0.3) is 31.9 Å². The Morgan fingerprint density at radius 2 is 1.14 bits per heavy atom. The molecule has 1 heterocycles. The van der Waals surface area contributed by atoms with Crippen molar-refractivity contribution in [3.63, 3.8) is 0 Å². The second-order valence-corrected chi connectivity index (χ2v) is 17.6. The zero-order chi connectivity index (χ0) is 46.0. The Morgan fingerprint density at radius 3 is 1.67 bits per heavy atom. The number of nitrogens with zero attached hydrogens (tertiary/aromatic N) is 5. The van der Waals surface area contributed by atoms with Gasteiger partial charge in [-0.3, -0.25) is 18.2 Å². The van der Waals surface area contributed by atoms with Crippen LogP contribution in [0.25, 0.3) is 10.9 Å². The fraction of sp³-hybridized carbons (Fsp3) is 0.0889. The van der Waals surface area contributed by atoms with Crippen molar-refractivity contribution >= 4 is 66.0 Å². The number of aryl methyl sites for hydroxylation is 2. The number of amides is 2. The Morgan fingerprint density at radius 1 is 0.656 bits per heavy atom. The number of H-pyrrole nitrogens is 1. The van der Waals surface area contributed by atoms with Gasteiger partial charge < -0.3 is 15.2 Å². The molecule has 64 heavy (non-hydrogen) atoms. The molecule has 0 radical (unpaired) electrons. The normalized spacial score (nSPS) is 11.6. The van der Waals surface area contributed by atoms with Crippen LogP contribution in [0, 0.1) is 25.5 Å². The number of hydrogen-bond acceptors (Lipinski definition) is 10. The van der Waals surface area contributed by atoms with Crippen LogP contribution in [0.2, 0.25) is 0 Å². The number of fused-ring (bicyclic) bond motifs is 1. The first-order valence-corrected chi connectivity index (χ1v) is 21.9. The zero-order valence-corrected chi connectivity index (χ0v) is 35.6. The topological polar surface area (TPSA) is 214 Å². The average Bonchev–Trinajstić information content (AvgIpc) is 3.60. The molecule has 0 aliphatic rings. The molecule has 328 valence electrons. The molecule has 0 bridgehead atoms. The van der Waals surface area contributed by atoms with Crippen molar-refractivity contribution in [3.8, 4) is 11.6 Å². The van der Waals surface area contributed by atoms with E-state index in [9.17, 15) is 45.4 Å². The molecule has 0 aliphatic heterocycles. The monoisotopic (exact) mass is 907 g/mol. The maximum absolute atomic E-state index is 13.3. The van der Waals surface area contributed by atoms with Gasteiger partial charge in [-0.05, 0) is 105 Å². The first kappa shape index (κ1) is 45.7. The summed E-state index contributed by atoms with van der Waals surface area (Å²) in [6.45, 7) is 2.49. The van der Waals surface area contributed by atoms with E-state index in [4.69, 9.17) is 0 Å². The first-order valence-electron chi connectivity index (χ1n) is 19.1. The van der Waals surface area contributed by atoms with Gasteiger partial charge in [0.05, 0.1) is 32.9 Å². The van der Waals surface area contributed by atoms with E-state index in [-0.39, 0.29) is 38.5 Å². The maximum atomic E-state index is 13.3. The number of sulfonamides is 2. The van der Waals surface area contributed by atoms with Crippen molar-refractivity contribution in [2.75, 3.05) is 21.7 Å². The summed E-state index contributed by atoms with van der Waals surface area (Å²) in [6, 6.07) is 35.1. The fourth-order valence-corrected chi connectivity index (χ4v) is 8.77. The van der Waals surface area contributed by atoms with Crippen LogP contribution < -0.4 is 14.0 Å². The zero-order valence-electron chi connectivity index (χ0n) is 34.0. The molecule has 0 atom stereocenters. The molecule has 0 unspecified atom stereocenters. The number of anilines is 2. The lowest BCUT2D eigenvalue weighted by Crippen LogP contribution is -2.39. The highest BCUT2D eigenvalue weighted by Gasteiger charge is 2.29. The van der Waals surface area contributed by atoms with Crippen LogP contribution in [0.5, 0.6) is 11.6 Å². The minimum atomic E-state index is -4.21. The van der Waals surface area contributed by atoms with Gasteiger partial charge in [0.1, 0.15) is 30.5 Å². The molecule has 0 aliphatic carbocycles. The number of nitrogens with one attached hydrogen (secondary N) is 2. The lowest BCUT2D eigenvalue weighted by Gasteiger charge is -2.23. The Labute approximate surface area is 366 Å². The average molecular weight is 908 g/mol. The summed E-state index contributed by atoms with van der Waals surface area (Å²) in [4.78, 5) is 27.5. The van der Waals surface area contributed by atoms with Crippen LogP contribution in [0.15, 0.2) is 171 Å². The lowest BCUT2D eigenvalue weighted by molar-refractivity contribution is -0.119. The highest BCUT2D eigenvalue weighted by atomic mass is 32.2. The minimum Gasteiger partial charge on any atom is -0.507 e. The number of carbonyl (C=O) groups is 2. The van der Waals surface area contributed by atoms with Crippen LogP contribution in [0.4, 0.5) is 25.8 Å². The predicted molar refractivity (Wildman–Crippen MR) is 238 cm³/mol. The van der Waals surface area contributed by atoms with Crippen LogP contribution in [-0.4, -0.2) is 63.2 Å². The van der Waals surface area contributed by atoms with Crippen LogP contribution in [0.3, 0.4) is 0 Å². The Kier molecular flexibility index (Phi) is 14.3. The number of rotatable bonds is 13. The number of carbonyl (C=O) groups excluding carboxylic acids is 2. The third-order valence-corrected chi connectivity index (χ3v) is 12.8. The number of phenolic OH excluding ortho intramolecular Hbond substituents is 1. The summed E-state index contributed by atoms with van der Waals surface area (Å²) in [5.74, 6) is -2.98. The van der Waals surface area contributed by atoms with Crippen LogP contribution in [-0.2, 0) is 29.6 Å². The van der Waals surface area contributed by atoms with Gasteiger partial charge in [0.2, 0.25) is 5.88 Å². The van der Waals surface area contributed by atoms with E-state index in [1.807, 2.05) is 13.8 Å². The number of benzene rings is 6. The van der Waals surface area contributed by atoms with Gasteiger partial charge in [0.15, 0.2) is 5.69 Å². The second kappa shape index (κ2) is 20.0. The fourth-order valence-electron chi connectivity index (χ4n) is 5.93. The van der Waals surface area contributed by atoms with Crippen molar-refractivity contribution in [1.29, 1.82) is 0 Å². The maximum Gasteiger partial charge on any atom is 0.285 e. The number of hydrazone groups is 1. The summed E-state index contributed by atoms with van der Waals surface area (Å²) in [5.41, 5.74) is 5.65. The van der Waals surface area contributed by atoms with Gasteiger partial charge in [0, 0.05) is 10.9 Å². The van der Waals surface area contributed by atoms with Crippen LogP contribution >= 0.6 is 0 Å². The molecule has 0 saturated heterocycles. The molecule has 7 aromatic rings. The van der Waals surface area contributed by atoms with Crippen molar-refractivity contribution < 1.29 is 45.4 Å². The number of aromatic amines is 1. The largest absolute Gasteiger partial charge is 0.507 e. The van der Waals surface area contributed by atoms with Crippen molar-refractivity contribution in [2.24, 2.45) is 15.3 Å². The molecule has 19 heteroatoms. The first-order chi connectivity index (χ1) is 30.5. The highest BCUT2D eigenvalue weighted by molar-refractivity contribution is 7.93. The Balaban J connectivity index is 0.000000213. The molecule has 4 N–H and O–H groups in total. The van der Waals surface area contributed by atoms with E-state index < -0.39 is 56.6 Å². The van der Waals surface area contributed by atoms with E-state index in [0.717, 1.165) is 68.3 Å². The highest BCUT2D eigenvalue weighted by Crippen LogP contribution is 2.35. The molecular weight excluding hydrogens is 869 g/mol. The molecule has 0 saturated carbocycles. The molecule has 0 spiro atoms. The summed E-state index contributed by atoms with van der Waals surface area (Å²) >= 11 is 0. The van der Waals surface area contributed by atoms with Gasteiger partial charge in [-0.2, -0.15) is 5.10 Å². The third-order valence-electron chi connectivity index (χ3n) is 9.26. The number of halogens is 2. The number of para-hydroxylation sites is 2. The number of phenols is 1. The van der Waals surface area contributed by atoms with Crippen molar-refractivity contribution in [2.45, 2.75) is 23.6 Å². The standard InChI is InChI=1S/C23H19FN4O4S.C22H20FN3O4S/c1-15-6-10-17(11-7-15)28(33(31,32)18-12-8-16(24)9-13-18)14-21(29)26-27-22-19-4-2-3-5-20(19)25-23(22)30;1-16-6-10-19(11-7-16)26(31(29,30)20-12-8-18(23)9-13-20)15-22(28)25-24-14-17-4-2-3-5-21(17)27/h2-13,25,30H,14H2,1H3;2-14,27H,15H2,1H3,(H,25,28)/b;24-14+. The van der Waals surface area contributed by atoms with E-state index in [2.05, 4.69) is 25.7 Å². The number of hydrogen-bond donors (Lipinski definition) is 4. The van der Waals surface area contributed by atoms with Crippen molar-refractivity contribution in [1.82, 2.24) is 10.4 Å². The predicted octanol–water partition coefficient (Wildman–Crippen LogP) is 8.01. The van der Waals surface area contributed by atoms with Crippen LogP contribution in [0.1, 0.15) is 16.7 Å². The Bertz CT molecular complexity index is 3060. The summed E-state index contributed by atoms with van der Waals surface area (Å²) in [6.07, 6.45) is 1.25. The molecule has 15 nitrogen and oxygen atoms in total. The smallest absolute Gasteiger partial charge is 0.285 e. The van der Waals surface area contributed by atoms with E-state index in [0.29, 0.717) is 16.5 Å². The van der Waals surface area contributed by atoms with Gasteiger partial charge in [-0.25, -0.2) is 31.0 Å². The number of aromatic hydroxyl groups is 2.